The second-order valence-electron chi connectivity index (χ2n) is 5.18. The van der Waals surface area contributed by atoms with Gasteiger partial charge in [-0.25, -0.2) is 4.98 Å². The average molecular weight is 329 g/mol. The van der Waals surface area contributed by atoms with Crippen molar-refractivity contribution in [1.82, 2.24) is 4.98 Å². The van der Waals surface area contributed by atoms with E-state index in [1.807, 2.05) is 30.3 Å². The Morgan fingerprint density at radius 1 is 1.22 bits per heavy atom. The first-order valence-corrected chi connectivity index (χ1v) is 8.81. The molecule has 2 aromatic rings. The third-order valence-corrected chi connectivity index (χ3v) is 4.52. The lowest BCUT2D eigenvalue weighted by Crippen LogP contribution is -2.22. The van der Waals surface area contributed by atoms with E-state index in [0.717, 1.165) is 23.8 Å². The van der Waals surface area contributed by atoms with Gasteiger partial charge in [-0.15, -0.1) is 0 Å². The van der Waals surface area contributed by atoms with Gasteiger partial charge in [0.05, 0.1) is 10.8 Å². The quantitative estimate of drug-likeness (QED) is 0.781. The predicted molar refractivity (Wildman–Crippen MR) is 98.3 cm³/mol. The Hall–Kier alpha value is -2.01. The van der Waals surface area contributed by atoms with E-state index >= 15 is 0 Å². The molecule has 1 N–H and O–H groups in total. The molecule has 0 bridgehead atoms. The lowest BCUT2D eigenvalue weighted by molar-refractivity contribution is -0.113. The van der Waals surface area contributed by atoms with Gasteiger partial charge >= 0.3 is 0 Å². The maximum atomic E-state index is 12.1. The molecule has 5 heteroatoms. The van der Waals surface area contributed by atoms with Crippen LogP contribution >= 0.6 is 11.8 Å². The summed E-state index contributed by atoms with van der Waals surface area (Å²) in [5, 5.41) is 3.81. The Kier molecular flexibility index (Phi) is 6.47. The van der Waals surface area contributed by atoms with E-state index < -0.39 is 0 Å². The molecule has 0 aliphatic carbocycles. The van der Waals surface area contributed by atoms with Crippen molar-refractivity contribution in [3.63, 3.8) is 0 Å². The lowest BCUT2D eigenvalue weighted by atomic mass is 10.1. The molecule has 0 saturated carbocycles. The summed E-state index contributed by atoms with van der Waals surface area (Å²) in [6, 6.07) is 11.7. The van der Waals surface area contributed by atoms with Crippen molar-refractivity contribution >= 4 is 29.0 Å². The standard InChI is InChI=1S/C18H23N3OS/c1-4-21(5-2)16-10-9-15(12-14(16)3)20-17(22)13-23-18-8-6-7-11-19-18/h6-12H,4-5,13H2,1-3H3,(H,20,22). The highest BCUT2D eigenvalue weighted by Gasteiger charge is 2.08. The van der Waals surface area contributed by atoms with Gasteiger partial charge in [0.25, 0.3) is 0 Å². The van der Waals surface area contributed by atoms with Gasteiger partial charge < -0.3 is 10.2 Å². The SMILES string of the molecule is CCN(CC)c1ccc(NC(=O)CSc2ccccn2)cc1C. The van der Waals surface area contributed by atoms with Crippen molar-refractivity contribution in [3.05, 3.63) is 48.2 Å². The molecule has 0 aliphatic rings. The van der Waals surface area contributed by atoms with Crippen LogP contribution in [-0.2, 0) is 4.79 Å². The van der Waals surface area contributed by atoms with Crippen LogP contribution in [0.25, 0.3) is 0 Å². The molecule has 1 aromatic heterocycles. The van der Waals surface area contributed by atoms with Crippen molar-refractivity contribution < 1.29 is 4.79 Å². The Morgan fingerprint density at radius 3 is 2.61 bits per heavy atom. The number of nitrogens with zero attached hydrogens (tertiary/aromatic N) is 2. The second-order valence-corrected chi connectivity index (χ2v) is 6.17. The zero-order chi connectivity index (χ0) is 16.7. The maximum absolute atomic E-state index is 12.1. The normalized spacial score (nSPS) is 10.4. The monoisotopic (exact) mass is 329 g/mol. The molecular formula is C18H23N3OS. The number of pyridine rings is 1. The number of hydrogen-bond acceptors (Lipinski definition) is 4. The van der Waals surface area contributed by atoms with Gasteiger partial charge in [-0.3, -0.25) is 4.79 Å². The van der Waals surface area contributed by atoms with Crippen molar-refractivity contribution in [3.8, 4) is 0 Å². The smallest absolute Gasteiger partial charge is 0.234 e. The number of nitrogens with one attached hydrogen (secondary N) is 1. The van der Waals surface area contributed by atoms with Crippen LogP contribution in [0.4, 0.5) is 11.4 Å². The van der Waals surface area contributed by atoms with Gasteiger partial charge in [0.1, 0.15) is 0 Å². The molecule has 1 amide bonds. The van der Waals surface area contributed by atoms with Gasteiger partial charge in [-0.2, -0.15) is 0 Å². The number of anilines is 2. The molecule has 0 fully saturated rings. The van der Waals surface area contributed by atoms with E-state index in [1.165, 1.54) is 23.0 Å². The molecule has 0 aliphatic heterocycles. The number of hydrogen-bond donors (Lipinski definition) is 1. The lowest BCUT2D eigenvalue weighted by Gasteiger charge is -2.23. The molecule has 2 rings (SSSR count). The molecular weight excluding hydrogens is 306 g/mol. The van der Waals surface area contributed by atoms with Crippen molar-refractivity contribution in [2.24, 2.45) is 0 Å². The summed E-state index contributed by atoms with van der Waals surface area (Å²) < 4.78 is 0. The van der Waals surface area contributed by atoms with E-state index in [1.54, 1.807) is 6.20 Å². The van der Waals surface area contributed by atoms with Crippen LogP contribution in [0.5, 0.6) is 0 Å². The third-order valence-electron chi connectivity index (χ3n) is 3.57. The van der Waals surface area contributed by atoms with E-state index in [4.69, 9.17) is 0 Å². The molecule has 0 unspecified atom stereocenters. The van der Waals surface area contributed by atoms with E-state index in [9.17, 15) is 4.79 Å². The van der Waals surface area contributed by atoms with Gasteiger partial charge in [0, 0.05) is 30.7 Å². The Labute approximate surface area is 142 Å². The van der Waals surface area contributed by atoms with Crippen LogP contribution in [0.2, 0.25) is 0 Å². The average Bonchev–Trinajstić information content (AvgIpc) is 2.57. The Balaban J connectivity index is 1.94. The third kappa shape index (κ3) is 4.99. The molecule has 122 valence electrons. The molecule has 23 heavy (non-hydrogen) atoms. The van der Waals surface area contributed by atoms with E-state index in [-0.39, 0.29) is 5.91 Å². The fourth-order valence-corrected chi connectivity index (χ4v) is 3.08. The molecule has 0 saturated heterocycles. The number of aromatic nitrogens is 1. The molecule has 0 atom stereocenters. The van der Waals surface area contributed by atoms with Crippen molar-refractivity contribution in [1.29, 1.82) is 0 Å². The summed E-state index contributed by atoms with van der Waals surface area (Å²) in [6.07, 6.45) is 1.73. The minimum atomic E-state index is -0.0179. The molecule has 0 spiro atoms. The van der Waals surface area contributed by atoms with Crippen LogP contribution < -0.4 is 10.2 Å². The number of carbonyl (C=O) groups is 1. The van der Waals surface area contributed by atoms with Crippen LogP contribution in [0, 0.1) is 6.92 Å². The second kappa shape index (κ2) is 8.58. The zero-order valence-corrected chi connectivity index (χ0v) is 14.7. The van der Waals surface area contributed by atoms with Crippen LogP contribution in [0.1, 0.15) is 19.4 Å². The first-order chi connectivity index (χ1) is 11.1. The fourth-order valence-electron chi connectivity index (χ4n) is 2.42. The molecule has 1 aromatic carbocycles. The highest BCUT2D eigenvalue weighted by molar-refractivity contribution is 7.99. The minimum absolute atomic E-state index is 0.0179. The highest BCUT2D eigenvalue weighted by atomic mass is 32.2. The maximum Gasteiger partial charge on any atom is 0.234 e. The van der Waals surface area contributed by atoms with Gasteiger partial charge in [-0.1, -0.05) is 17.8 Å². The first-order valence-electron chi connectivity index (χ1n) is 7.83. The van der Waals surface area contributed by atoms with Crippen LogP contribution in [0.15, 0.2) is 47.6 Å². The number of benzene rings is 1. The van der Waals surface area contributed by atoms with E-state index in [2.05, 4.69) is 42.0 Å². The summed E-state index contributed by atoms with van der Waals surface area (Å²) in [4.78, 5) is 18.6. The largest absolute Gasteiger partial charge is 0.372 e. The van der Waals surface area contributed by atoms with Crippen LogP contribution in [0.3, 0.4) is 0 Å². The highest BCUT2D eigenvalue weighted by Crippen LogP contribution is 2.24. The first kappa shape index (κ1) is 17.3. The van der Waals surface area contributed by atoms with Gasteiger partial charge in [0.2, 0.25) is 5.91 Å². The summed E-state index contributed by atoms with van der Waals surface area (Å²) in [5.74, 6) is 0.337. The summed E-state index contributed by atoms with van der Waals surface area (Å²) in [6.45, 7) is 8.32. The van der Waals surface area contributed by atoms with Crippen molar-refractivity contribution in [2.45, 2.75) is 25.8 Å². The number of aryl methyl sites for hydroxylation is 1. The van der Waals surface area contributed by atoms with Gasteiger partial charge in [-0.05, 0) is 56.7 Å². The molecule has 1 heterocycles. The summed E-state index contributed by atoms with van der Waals surface area (Å²) in [5.41, 5.74) is 3.23. The Morgan fingerprint density at radius 2 is 2.00 bits per heavy atom. The van der Waals surface area contributed by atoms with Crippen LogP contribution in [-0.4, -0.2) is 29.7 Å². The molecule has 4 nitrogen and oxygen atoms in total. The number of thioether (sulfide) groups is 1. The minimum Gasteiger partial charge on any atom is -0.372 e. The summed E-state index contributed by atoms with van der Waals surface area (Å²) >= 11 is 1.44. The number of amides is 1. The number of carbonyl (C=O) groups excluding carboxylic acids is 1. The molecule has 0 radical (unpaired) electrons. The van der Waals surface area contributed by atoms with Gasteiger partial charge in [0.15, 0.2) is 0 Å². The Bertz CT molecular complexity index is 642. The number of rotatable bonds is 7. The van der Waals surface area contributed by atoms with E-state index in [0.29, 0.717) is 5.75 Å². The predicted octanol–water partition coefficient (Wildman–Crippen LogP) is 3.97. The summed E-state index contributed by atoms with van der Waals surface area (Å²) in [7, 11) is 0. The zero-order valence-electron chi connectivity index (χ0n) is 13.9. The topological polar surface area (TPSA) is 45.2 Å². The fraction of sp³-hybridized carbons (Fsp3) is 0.333. The van der Waals surface area contributed by atoms with Crippen molar-refractivity contribution in [2.75, 3.05) is 29.1 Å².